The maximum absolute atomic E-state index is 9.81. The molecule has 0 amide bonds. The maximum Gasteiger partial charge on any atom is 0.162 e. The molecule has 0 aliphatic carbocycles. The lowest BCUT2D eigenvalue weighted by Gasteiger charge is -2.14. The van der Waals surface area contributed by atoms with Crippen molar-refractivity contribution in [3.8, 4) is 17.6 Å². The first-order valence-corrected chi connectivity index (χ1v) is 11.6. The molecular formula is C26H21BrClN3O2. The molecule has 1 N–H and O–H groups in total. The van der Waals surface area contributed by atoms with Crippen LogP contribution in [0.25, 0.3) is 22.7 Å². The van der Waals surface area contributed by atoms with Crippen LogP contribution in [0.1, 0.15) is 29.4 Å². The third kappa shape index (κ3) is 5.39. The molecule has 0 unspecified atom stereocenters. The molecule has 33 heavy (non-hydrogen) atoms. The van der Waals surface area contributed by atoms with Crippen molar-refractivity contribution < 1.29 is 9.47 Å². The van der Waals surface area contributed by atoms with Crippen LogP contribution in [0.3, 0.4) is 0 Å². The van der Waals surface area contributed by atoms with Gasteiger partial charge in [0.05, 0.1) is 23.2 Å². The van der Waals surface area contributed by atoms with Gasteiger partial charge in [-0.1, -0.05) is 45.7 Å². The highest BCUT2D eigenvalue weighted by molar-refractivity contribution is 9.10. The van der Waals surface area contributed by atoms with Crippen LogP contribution in [0, 0.1) is 18.3 Å². The van der Waals surface area contributed by atoms with Crippen LogP contribution >= 0.6 is 27.5 Å². The fraction of sp³-hybridized carbons (Fsp3) is 0.154. The number of nitriles is 1. The van der Waals surface area contributed by atoms with Gasteiger partial charge in [0.1, 0.15) is 18.5 Å². The molecule has 0 saturated heterocycles. The van der Waals surface area contributed by atoms with Gasteiger partial charge < -0.3 is 14.5 Å². The number of hydrogen-bond donors (Lipinski definition) is 1. The van der Waals surface area contributed by atoms with Crippen molar-refractivity contribution in [2.75, 3.05) is 6.61 Å². The molecule has 0 aliphatic heterocycles. The summed E-state index contributed by atoms with van der Waals surface area (Å²) in [6.45, 7) is 4.79. The van der Waals surface area contributed by atoms with Crippen LogP contribution in [0.4, 0.5) is 0 Å². The lowest BCUT2D eigenvalue weighted by Crippen LogP contribution is -2.00. The van der Waals surface area contributed by atoms with E-state index in [-0.39, 0.29) is 0 Å². The Morgan fingerprint density at radius 2 is 1.88 bits per heavy atom. The van der Waals surface area contributed by atoms with E-state index >= 15 is 0 Å². The highest BCUT2D eigenvalue weighted by Crippen LogP contribution is 2.36. The minimum absolute atomic E-state index is 0.376. The van der Waals surface area contributed by atoms with Gasteiger partial charge in [-0.25, -0.2) is 4.98 Å². The molecule has 0 bridgehead atoms. The number of imidazole rings is 1. The lowest BCUT2D eigenvalue weighted by molar-refractivity contribution is 0.269. The summed E-state index contributed by atoms with van der Waals surface area (Å²) in [5.41, 5.74) is 5.03. The van der Waals surface area contributed by atoms with Crippen molar-refractivity contribution in [3.63, 3.8) is 0 Å². The van der Waals surface area contributed by atoms with E-state index in [1.54, 1.807) is 6.08 Å². The van der Waals surface area contributed by atoms with Gasteiger partial charge in [-0.3, -0.25) is 0 Å². The Labute approximate surface area is 205 Å². The summed E-state index contributed by atoms with van der Waals surface area (Å²) in [7, 11) is 0. The number of rotatable bonds is 7. The summed E-state index contributed by atoms with van der Waals surface area (Å²) in [6, 6.07) is 19.4. The smallest absolute Gasteiger partial charge is 0.162 e. The summed E-state index contributed by atoms with van der Waals surface area (Å²) in [5, 5.41) is 10.5. The Morgan fingerprint density at radius 1 is 1.12 bits per heavy atom. The second-order valence-electron chi connectivity index (χ2n) is 7.44. The molecular weight excluding hydrogens is 502 g/mol. The zero-order valence-corrected chi connectivity index (χ0v) is 20.5. The van der Waals surface area contributed by atoms with Crippen molar-refractivity contribution in [1.82, 2.24) is 9.97 Å². The lowest BCUT2D eigenvalue weighted by atomic mass is 10.1. The van der Waals surface area contributed by atoms with Gasteiger partial charge in [-0.05, 0) is 73.0 Å². The Morgan fingerprint density at radius 3 is 2.61 bits per heavy atom. The molecule has 0 saturated carbocycles. The van der Waals surface area contributed by atoms with Crippen molar-refractivity contribution in [2.45, 2.75) is 20.5 Å². The second-order valence-corrected chi connectivity index (χ2v) is 8.74. The van der Waals surface area contributed by atoms with E-state index in [4.69, 9.17) is 21.1 Å². The van der Waals surface area contributed by atoms with Crippen molar-refractivity contribution in [1.29, 1.82) is 5.26 Å². The Bertz CT molecular complexity index is 1370. The van der Waals surface area contributed by atoms with Gasteiger partial charge in [0, 0.05) is 9.50 Å². The molecule has 1 heterocycles. The van der Waals surface area contributed by atoms with Crippen LogP contribution in [0.2, 0.25) is 5.02 Å². The average Bonchev–Trinajstić information content (AvgIpc) is 3.22. The van der Waals surface area contributed by atoms with Gasteiger partial charge >= 0.3 is 0 Å². The third-order valence-corrected chi connectivity index (χ3v) is 5.92. The van der Waals surface area contributed by atoms with Gasteiger partial charge in [0.25, 0.3) is 0 Å². The molecule has 4 aromatic rings. The predicted molar refractivity (Wildman–Crippen MR) is 135 cm³/mol. The molecule has 3 aromatic carbocycles. The van der Waals surface area contributed by atoms with E-state index < -0.39 is 0 Å². The number of ether oxygens (including phenoxy) is 2. The first kappa shape index (κ1) is 22.9. The first-order valence-electron chi connectivity index (χ1n) is 10.4. The standard InChI is InChI=1S/C26H21BrClN3O2/c1-3-32-24-12-18(21(27)13-25(24)33-15-17-5-7-20(28)8-6-17)11-19(14-29)26-30-22-9-4-16(2)10-23(22)31-26/h4-13H,3,15H2,1-2H3,(H,30,31)/b19-11-. The van der Waals surface area contributed by atoms with E-state index in [0.29, 0.717) is 41.1 Å². The van der Waals surface area contributed by atoms with E-state index in [1.807, 2.05) is 68.4 Å². The van der Waals surface area contributed by atoms with Crippen LogP contribution < -0.4 is 9.47 Å². The average molecular weight is 523 g/mol. The van der Waals surface area contributed by atoms with Gasteiger partial charge in [-0.2, -0.15) is 5.26 Å². The summed E-state index contributed by atoms with van der Waals surface area (Å²) in [5.74, 6) is 1.72. The summed E-state index contributed by atoms with van der Waals surface area (Å²) in [4.78, 5) is 7.81. The zero-order chi connectivity index (χ0) is 23.4. The third-order valence-electron chi connectivity index (χ3n) is 4.98. The number of H-pyrrole nitrogens is 1. The maximum atomic E-state index is 9.81. The highest BCUT2D eigenvalue weighted by Gasteiger charge is 2.13. The molecule has 0 aliphatic rings. The minimum atomic E-state index is 0.376. The number of aromatic nitrogens is 2. The topological polar surface area (TPSA) is 70.9 Å². The first-order chi connectivity index (χ1) is 16.0. The fourth-order valence-electron chi connectivity index (χ4n) is 3.34. The summed E-state index contributed by atoms with van der Waals surface area (Å²) in [6.07, 6.45) is 1.78. The molecule has 0 radical (unpaired) electrons. The normalized spacial score (nSPS) is 11.4. The van der Waals surface area contributed by atoms with Crippen molar-refractivity contribution >= 4 is 50.2 Å². The van der Waals surface area contributed by atoms with E-state index in [0.717, 1.165) is 32.2 Å². The van der Waals surface area contributed by atoms with Gasteiger partial charge in [0.15, 0.2) is 11.5 Å². The molecule has 7 heteroatoms. The van der Waals surface area contributed by atoms with Crippen molar-refractivity contribution in [3.05, 3.63) is 86.6 Å². The number of halogens is 2. The fourth-order valence-corrected chi connectivity index (χ4v) is 3.91. The molecule has 0 spiro atoms. The zero-order valence-electron chi connectivity index (χ0n) is 18.2. The number of hydrogen-bond acceptors (Lipinski definition) is 4. The monoisotopic (exact) mass is 521 g/mol. The number of allylic oxidation sites excluding steroid dienone is 1. The van der Waals surface area contributed by atoms with Crippen LogP contribution in [0.15, 0.2) is 59.1 Å². The summed E-state index contributed by atoms with van der Waals surface area (Å²) < 4.78 is 12.6. The number of aryl methyl sites for hydroxylation is 1. The van der Waals surface area contributed by atoms with E-state index in [2.05, 4.69) is 32.0 Å². The van der Waals surface area contributed by atoms with E-state index in [1.165, 1.54) is 0 Å². The Balaban J connectivity index is 1.65. The Hall–Kier alpha value is -3.27. The molecule has 0 atom stereocenters. The van der Waals surface area contributed by atoms with Gasteiger partial charge in [-0.15, -0.1) is 0 Å². The van der Waals surface area contributed by atoms with Crippen LogP contribution in [-0.4, -0.2) is 16.6 Å². The second kappa shape index (κ2) is 10.1. The van der Waals surface area contributed by atoms with Crippen molar-refractivity contribution in [2.24, 2.45) is 0 Å². The number of aromatic amines is 1. The minimum Gasteiger partial charge on any atom is -0.490 e. The quantitative estimate of drug-likeness (QED) is 0.258. The van der Waals surface area contributed by atoms with Gasteiger partial charge in [0.2, 0.25) is 0 Å². The molecule has 166 valence electrons. The van der Waals surface area contributed by atoms with Crippen LogP contribution in [0.5, 0.6) is 11.5 Å². The molecule has 5 nitrogen and oxygen atoms in total. The SMILES string of the molecule is CCOc1cc(/C=C(/C#N)c2nc3ccc(C)cc3[nH]2)c(Br)cc1OCc1ccc(Cl)cc1. The summed E-state index contributed by atoms with van der Waals surface area (Å²) >= 11 is 9.56. The molecule has 4 rings (SSSR count). The van der Waals surface area contributed by atoms with E-state index in [9.17, 15) is 5.26 Å². The Kier molecular flexibility index (Phi) is 7.02. The molecule has 0 fully saturated rings. The number of fused-ring (bicyclic) bond motifs is 1. The highest BCUT2D eigenvalue weighted by atomic mass is 79.9. The predicted octanol–water partition coefficient (Wildman–Crippen LogP) is 7.33. The molecule has 1 aromatic heterocycles. The van der Waals surface area contributed by atoms with Crippen LogP contribution in [-0.2, 0) is 6.61 Å². The number of benzene rings is 3. The number of nitrogens with one attached hydrogen (secondary N) is 1. The number of nitrogens with zero attached hydrogens (tertiary/aromatic N) is 2. The largest absolute Gasteiger partial charge is 0.490 e.